The molecule has 36 heavy (non-hydrogen) atoms. The summed E-state index contributed by atoms with van der Waals surface area (Å²) in [6, 6.07) is 6.85. The first-order valence-electron chi connectivity index (χ1n) is 11.1. The summed E-state index contributed by atoms with van der Waals surface area (Å²) in [6.45, 7) is 0.565. The molecule has 12 nitrogen and oxygen atoms in total. The summed E-state index contributed by atoms with van der Waals surface area (Å²) in [5.74, 6) is -0.642. The monoisotopic (exact) mass is 491 g/mol. The van der Waals surface area contributed by atoms with Gasteiger partial charge in [0.25, 0.3) is 11.5 Å². The maximum atomic E-state index is 13.3. The van der Waals surface area contributed by atoms with E-state index in [1.807, 2.05) is 0 Å². The molecule has 1 atom stereocenters. The Kier molecular flexibility index (Phi) is 5.80. The van der Waals surface area contributed by atoms with Gasteiger partial charge in [-0.15, -0.1) is 5.10 Å². The quantitative estimate of drug-likeness (QED) is 0.365. The van der Waals surface area contributed by atoms with Crippen molar-refractivity contribution in [1.29, 1.82) is 0 Å². The third kappa shape index (κ3) is 4.10. The molecule has 4 aromatic heterocycles. The fraction of sp³-hybridized carbons (Fsp3) is 0.217. The Morgan fingerprint density at radius 2 is 1.97 bits per heavy atom. The van der Waals surface area contributed by atoms with Crippen LogP contribution >= 0.6 is 0 Å². The molecule has 5 rings (SSSR count). The fourth-order valence-electron chi connectivity index (χ4n) is 3.98. The Bertz CT molecular complexity index is 1530. The van der Waals surface area contributed by atoms with E-state index >= 15 is 0 Å². The number of nitrogens with zero attached hydrogens (tertiary/aromatic N) is 6. The molecular formula is C23H22FN9O3. The third-order valence-corrected chi connectivity index (χ3v) is 5.87. The van der Waals surface area contributed by atoms with Crippen LogP contribution in [0.2, 0.25) is 0 Å². The van der Waals surface area contributed by atoms with Crippen molar-refractivity contribution in [3.05, 3.63) is 70.8 Å². The van der Waals surface area contributed by atoms with Crippen LogP contribution in [0.5, 0.6) is 0 Å². The van der Waals surface area contributed by atoms with Crippen LogP contribution in [0.4, 0.5) is 21.6 Å². The van der Waals surface area contributed by atoms with Crippen molar-refractivity contribution >= 4 is 34.7 Å². The van der Waals surface area contributed by atoms with E-state index in [-0.39, 0.29) is 28.9 Å². The average Bonchev–Trinajstić information content (AvgIpc) is 3.44. The van der Waals surface area contributed by atoms with Crippen molar-refractivity contribution < 1.29 is 14.0 Å². The first kappa shape index (κ1) is 23.0. The van der Waals surface area contributed by atoms with Crippen LogP contribution in [0.15, 0.2) is 53.7 Å². The number of aromatic nitrogens is 5. The molecule has 184 valence electrons. The molecule has 0 unspecified atom stereocenters. The molecule has 1 aliphatic rings. The number of amides is 2. The van der Waals surface area contributed by atoms with Gasteiger partial charge in [0, 0.05) is 32.9 Å². The molecular weight excluding hydrogens is 469 g/mol. The average molecular weight is 491 g/mol. The Hall–Kier alpha value is -4.81. The minimum atomic E-state index is -0.610. The predicted octanol–water partition coefficient (Wildman–Crippen LogP) is 1.16. The van der Waals surface area contributed by atoms with Crippen molar-refractivity contribution in [2.75, 3.05) is 31.3 Å². The number of anilines is 3. The van der Waals surface area contributed by atoms with Gasteiger partial charge in [0.05, 0.1) is 18.1 Å². The van der Waals surface area contributed by atoms with Crippen LogP contribution in [0, 0.1) is 5.82 Å². The number of halogens is 1. The van der Waals surface area contributed by atoms with Crippen molar-refractivity contribution in [3.63, 3.8) is 0 Å². The largest absolute Gasteiger partial charge is 0.385 e. The van der Waals surface area contributed by atoms with E-state index in [0.29, 0.717) is 24.3 Å². The number of hydrogen-bond donors (Lipinski definition) is 3. The number of imidazole rings is 1. The number of fused-ring (bicyclic) bond motifs is 1. The van der Waals surface area contributed by atoms with E-state index in [1.165, 1.54) is 33.6 Å². The van der Waals surface area contributed by atoms with Gasteiger partial charge in [0.2, 0.25) is 5.91 Å². The summed E-state index contributed by atoms with van der Waals surface area (Å²) < 4.78 is 15.9. The molecule has 0 saturated carbocycles. The van der Waals surface area contributed by atoms with E-state index in [4.69, 9.17) is 0 Å². The third-order valence-electron chi connectivity index (χ3n) is 5.87. The number of carbonyl (C=O) groups is 2. The lowest BCUT2D eigenvalue weighted by Crippen LogP contribution is -2.41. The number of pyridine rings is 2. The zero-order valence-electron chi connectivity index (χ0n) is 19.4. The first-order chi connectivity index (χ1) is 17.4. The normalized spacial score (nSPS) is 15.4. The minimum Gasteiger partial charge on any atom is -0.385 e. The van der Waals surface area contributed by atoms with Gasteiger partial charge >= 0.3 is 0 Å². The van der Waals surface area contributed by atoms with Crippen LogP contribution < -0.4 is 21.5 Å². The van der Waals surface area contributed by atoms with E-state index in [1.54, 1.807) is 37.2 Å². The highest BCUT2D eigenvalue weighted by Gasteiger charge is 2.31. The molecule has 0 aromatic carbocycles. The summed E-state index contributed by atoms with van der Waals surface area (Å²) >= 11 is 0. The number of carbonyl (C=O) groups excluding carboxylic acids is 2. The second kappa shape index (κ2) is 9.09. The lowest BCUT2D eigenvalue weighted by Gasteiger charge is -2.13. The van der Waals surface area contributed by atoms with E-state index in [2.05, 4.69) is 31.0 Å². The molecule has 1 saturated heterocycles. The maximum Gasteiger partial charge on any atom is 0.279 e. The van der Waals surface area contributed by atoms with E-state index in [9.17, 15) is 18.8 Å². The highest BCUT2D eigenvalue weighted by atomic mass is 19.1. The van der Waals surface area contributed by atoms with Gasteiger partial charge in [-0.25, -0.2) is 18.9 Å². The zero-order chi connectivity index (χ0) is 25.4. The number of likely N-dealkylation sites (tertiary alicyclic amines) is 1. The molecule has 0 radical (unpaired) electrons. The van der Waals surface area contributed by atoms with Crippen LogP contribution in [0.3, 0.4) is 0 Å². The van der Waals surface area contributed by atoms with Crippen LogP contribution in [0.1, 0.15) is 16.9 Å². The summed E-state index contributed by atoms with van der Waals surface area (Å²) in [5, 5.41) is 13.2. The molecule has 1 fully saturated rings. The van der Waals surface area contributed by atoms with E-state index < -0.39 is 23.3 Å². The van der Waals surface area contributed by atoms with Crippen molar-refractivity contribution in [2.45, 2.75) is 12.5 Å². The molecule has 0 spiro atoms. The Labute approximate surface area is 203 Å². The smallest absolute Gasteiger partial charge is 0.279 e. The van der Waals surface area contributed by atoms with Gasteiger partial charge in [-0.05, 0) is 30.7 Å². The van der Waals surface area contributed by atoms with Crippen LogP contribution in [-0.2, 0) is 4.79 Å². The van der Waals surface area contributed by atoms with Gasteiger partial charge in [-0.1, -0.05) is 0 Å². The van der Waals surface area contributed by atoms with Gasteiger partial charge in [0.1, 0.15) is 23.4 Å². The number of likely N-dealkylation sites (N-methyl/N-ethyl adjacent to an activating group) is 1. The SMILES string of the molecule is CNc1cc(Nc2cccn(-c3ccc(F)cn3)c2=O)nn2c(C(=O)N[C@@H]3CCN(C)C3=O)cnc12. The fourth-order valence-corrected chi connectivity index (χ4v) is 3.98. The van der Waals surface area contributed by atoms with Gasteiger partial charge in [-0.2, -0.15) is 0 Å². The predicted molar refractivity (Wildman–Crippen MR) is 129 cm³/mol. The molecule has 3 N–H and O–H groups in total. The molecule has 0 aliphatic carbocycles. The van der Waals surface area contributed by atoms with Gasteiger partial charge in [-0.3, -0.25) is 19.0 Å². The summed E-state index contributed by atoms with van der Waals surface area (Å²) in [5.41, 5.74) is 0.831. The zero-order valence-corrected chi connectivity index (χ0v) is 19.4. The van der Waals surface area contributed by atoms with Crippen molar-refractivity contribution in [3.8, 4) is 5.82 Å². The highest BCUT2D eigenvalue weighted by Crippen LogP contribution is 2.22. The Morgan fingerprint density at radius 3 is 2.67 bits per heavy atom. The topological polar surface area (TPSA) is 139 Å². The molecule has 0 bridgehead atoms. The maximum absolute atomic E-state index is 13.3. The summed E-state index contributed by atoms with van der Waals surface area (Å²) in [7, 11) is 3.38. The molecule has 4 aromatic rings. The standard InChI is InChI=1S/C23H22FN9O3/c1-25-16-10-18(28-14-4-3-8-32(23(14)36)19-6-5-13(24)11-26-19)30-33-17(12-27-20(16)33)21(34)29-15-7-9-31(2)22(15)35/h3-6,8,10-12,15,25H,7,9H2,1-2H3,(H,28,30)(H,29,34)/t15-/m1/s1. The molecule has 1 aliphatic heterocycles. The van der Waals surface area contributed by atoms with Gasteiger partial charge < -0.3 is 20.9 Å². The van der Waals surface area contributed by atoms with Crippen molar-refractivity contribution in [1.82, 2.24) is 34.4 Å². The number of rotatable bonds is 6. The number of nitrogens with one attached hydrogen (secondary N) is 3. The molecule has 2 amide bonds. The Balaban J connectivity index is 1.48. The van der Waals surface area contributed by atoms with Crippen molar-refractivity contribution in [2.24, 2.45) is 0 Å². The highest BCUT2D eigenvalue weighted by molar-refractivity contribution is 5.97. The minimum absolute atomic E-state index is 0.133. The Morgan fingerprint density at radius 1 is 1.14 bits per heavy atom. The summed E-state index contributed by atoms with van der Waals surface area (Å²) in [4.78, 5) is 48.0. The second-order valence-corrected chi connectivity index (χ2v) is 8.20. The second-order valence-electron chi connectivity index (χ2n) is 8.20. The lowest BCUT2D eigenvalue weighted by molar-refractivity contribution is -0.128. The van der Waals surface area contributed by atoms with Crippen LogP contribution in [-0.4, -0.2) is 67.5 Å². The first-order valence-corrected chi connectivity index (χ1v) is 11.1. The molecule has 13 heteroatoms. The van der Waals surface area contributed by atoms with E-state index in [0.717, 1.165) is 6.20 Å². The number of hydrogen-bond acceptors (Lipinski definition) is 8. The van der Waals surface area contributed by atoms with Gasteiger partial charge in [0.15, 0.2) is 17.2 Å². The lowest BCUT2D eigenvalue weighted by atomic mass is 10.2. The molecule has 5 heterocycles. The summed E-state index contributed by atoms with van der Waals surface area (Å²) in [6.07, 6.45) is 4.44. The van der Waals surface area contributed by atoms with Crippen LogP contribution in [0.25, 0.3) is 11.5 Å².